The molecule has 2 nitrogen and oxygen atoms in total. The zero-order chi connectivity index (χ0) is 8.10. The van der Waals surface area contributed by atoms with Gasteiger partial charge < -0.3 is 5.32 Å². The fourth-order valence-electron chi connectivity index (χ4n) is 0.866. The highest BCUT2D eigenvalue weighted by Crippen LogP contribution is 2.14. The van der Waals surface area contributed by atoms with Crippen LogP contribution in [0.3, 0.4) is 0 Å². The first kappa shape index (κ1) is 8.25. The maximum Gasteiger partial charge on any atom is 0.0795 e. The van der Waals surface area contributed by atoms with E-state index in [0.717, 1.165) is 5.69 Å². The van der Waals surface area contributed by atoms with Crippen LogP contribution in [0.5, 0.6) is 0 Å². The largest absolute Gasteiger partial charge is 0.311 e. The van der Waals surface area contributed by atoms with Crippen LogP contribution in [-0.4, -0.2) is 12.0 Å². The molecule has 0 amide bonds. The Balaban J connectivity index is 2.65. The Hall–Kier alpha value is -0.850. The second-order valence-electron chi connectivity index (χ2n) is 2.16. The number of nitrogens with zero attached hydrogens (tertiary/aromatic N) is 1. The van der Waals surface area contributed by atoms with Crippen LogP contribution >= 0.6 is 11.3 Å². The van der Waals surface area contributed by atoms with Gasteiger partial charge in [-0.3, -0.25) is 0 Å². The zero-order valence-electron chi connectivity index (χ0n) is 6.37. The van der Waals surface area contributed by atoms with Crippen molar-refractivity contribution in [2.75, 3.05) is 7.05 Å². The van der Waals surface area contributed by atoms with E-state index in [1.54, 1.807) is 11.3 Å². The monoisotopic (exact) mass is 166 g/mol. The molecule has 0 aliphatic heterocycles. The summed E-state index contributed by atoms with van der Waals surface area (Å²) in [6.07, 6.45) is 5.89. The molecule has 58 valence electrons. The second-order valence-corrected chi connectivity index (χ2v) is 2.88. The molecule has 0 saturated carbocycles. The molecule has 0 aliphatic rings. The summed E-state index contributed by atoms with van der Waals surface area (Å²) in [5, 5.41) is 5.12. The van der Waals surface area contributed by atoms with Gasteiger partial charge in [0, 0.05) is 11.8 Å². The van der Waals surface area contributed by atoms with Crippen molar-refractivity contribution in [3.8, 4) is 12.3 Å². The van der Waals surface area contributed by atoms with Gasteiger partial charge in [0.25, 0.3) is 0 Å². The minimum absolute atomic E-state index is 0.214. The Bertz CT molecular complexity index is 235. The molecule has 1 atom stereocenters. The molecule has 1 aromatic rings. The van der Waals surface area contributed by atoms with Gasteiger partial charge in [0.1, 0.15) is 0 Å². The SMILES string of the molecule is C#CCC(NC)c1cscn1. The molecule has 1 N–H and O–H groups in total. The third-order valence-corrected chi connectivity index (χ3v) is 2.08. The number of rotatable bonds is 3. The van der Waals surface area contributed by atoms with Crippen molar-refractivity contribution >= 4 is 11.3 Å². The molecule has 0 radical (unpaired) electrons. The second kappa shape index (κ2) is 4.12. The molecule has 0 aliphatic carbocycles. The molecule has 1 rings (SSSR count). The van der Waals surface area contributed by atoms with E-state index in [1.165, 1.54) is 0 Å². The zero-order valence-corrected chi connectivity index (χ0v) is 7.19. The van der Waals surface area contributed by atoms with Gasteiger partial charge in [0.05, 0.1) is 17.2 Å². The fourth-order valence-corrected chi connectivity index (χ4v) is 1.47. The van der Waals surface area contributed by atoms with Gasteiger partial charge in [-0.05, 0) is 7.05 Å². The van der Waals surface area contributed by atoms with E-state index in [4.69, 9.17) is 6.42 Å². The lowest BCUT2D eigenvalue weighted by molar-refractivity contribution is 0.598. The van der Waals surface area contributed by atoms with Crippen LogP contribution in [-0.2, 0) is 0 Å². The summed E-state index contributed by atoms with van der Waals surface area (Å²) >= 11 is 1.59. The Morgan fingerprint density at radius 2 is 2.73 bits per heavy atom. The number of nitrogens with one attached hydrogen (secondary N) is 1. The van der Waals surface area contributed by atoms with Gasteiger partial charge in [0.15, 0.2) is 0 Å². The predicted molar refractivity (Wildman–Crippen MR) is 47.4 cm³/mol. The van der Waals surface area contributed by atoms with E-state index in [-0.39, 0.29) is 6.04 Å². The maximum atomic E-state index is 5.20. The molecule has 11 heavy (non-hydrogen) atoms. The van der Waals surface area contributed by atoms with Crippen LogP contribution in [0.1, 0.15) is 18.2 Å². The average Bonchev–Trinajstić information content (AvgIpc) is 2.52. The molecule has 0 spiro atoms. The van der Waals surface area contributed by atoms with Gasteiger partial charge in [-0.1, -0.05) is 0 Å². The van der Waals surface area contributed by atoms with Gasteiger partial charge in [0.2, 0.25) is 0 Å². The topological polar surface area (TPSA) is 24.9 Å². The molecule has 0 aromatic carbocycles. The molecule has 0 bridgehead atoms. The van der Waals surface area contributed by atoms with Crippen LogP contribution in [0.4, 0.5) is 0 Å². The molecule has 0 saturated heterocycles. The number of hydrogen-bond donors (Lipinski definition) is 1. The minimum atomic E-state index is 0.214. The Kier molecular flexibility index (Phi) is 3.09. The molecule has 1 heterocycles. The van der Waals surface area contributed by atoms with Gasteiger partial charge in [-0.2, -0.15) is 0 Å². The lowest BCUT2D eigenvalue weighted by Gasteiger charge is -2.08. The van der Waals surface area contributed by atoms with Crippen molar-refractivity contribution in [3.05, 3.63) is 16.6 Å². The van der Waals surface area contributed by atoms with Crippen molar-refractivity contribution in [1.82, 2.24) is 10.3 Å². The van der Waals surface area contributed by atoms with Crippen LogP contribution in [0.25, 0.3) is 0 Å². The summed E-state index contributed by atoms with van der Waals surface area (Å²) in [4.78, 5) is 4.17. The van der Waals surface area contributed by atoms with Crippen molar-refractivity contribution in [2.45, 2.75) is 12.5 Å². The normalized spacial score (nSPS) is 12.4. The lowest BCUT2D eigenvalue weighted by atomic mass is 10.2. The summed E-state index contributed by atoms with van der Waals surface area (Å²) in [5.74, 6) is 2.61. The van der Waals surface area contributed by atoms with E-state index in [1.807, 2.05) is 17.9 Å². The third-order valence-electron chi connectivity index (χ3n) is 1.48. The van der Waals surface area contributed by atoms with E-state index in [2.05, 4.69) is 16.2 Å². The summed E-state index contributed by atoms with van der Waals surface area (Å²) in [7, 11) is 1.89. The van der Waals surface area contributed by atoms with Gasteiger partial charge in [-0.15, -0.1) is 23.7 Å². The first-order valence-electron chi connectivity index (χ1n) is 3.37. The van der Waals surface area contributed by atoms with Crippen molar-refractivity contribution in [3.63, 3.8) is 0 Å². The third kappa shape index (κ3) is 2.04. The Labute approximate surface area is 70.7 Å². The molecular formula is C8H10N2S. The number of aromatic nitrogens is 1. The van der Waals surface area contributed by atoms with E-state index < -0.39 is 0 Å². The molecule has 1 aromatic heterocycles. The van der Waals surface area contributed by atoms with Gasteiger partial charge in [-0.25, -0.2) is 4.98 Å². The van der Waals surface area contributed by atoms with E-state index >= 15 is 0 Å². The van der Waals surface area contributed by atoms with E-state index in [0.29, 0.717) is 6.42 Å². The van der Waals surface area contributed by atoms with E-state index in [9.17, 15) is 0 Å². The lowest BCUT2D eigenvalue weighted by Crippen LogP contribution is -2.15. The van der Waals surface area contributed by atoms with Crippen molar-refractivity contribution in [2.24, 2.45) is 0 Å². The Morgan fingerprint density at radius 1 is 1.91 bits per heavy atom. The number of terminal acetylenes is 1. The summed E-state index contributed by atoms with van der Waals surface area (Å²) in [6.45, 7) is 0. The highest BCUT2D eigenvalue weighted by Gasteiger charge is 2.08. The number of hydrogen-bond acceptors (Lipinski definition) is 3. The van der Waals surface area contributed by atoms with Crippen LogP contribution < -0.4 is 5.32 Å². The Morgan fingerprint density at radius 3 is 3.18 bits per heavy atom. The highest BCUT2D eigenvalue weighted by molar-refractivity contribution is 7.07. The molecule has 3 heteroatoms. The first-order chi connectivity index (χ1) is 5.38. The minimum Gasteiger partial charge on any atom is -0.311 e. The first-order valence-corrected chi connectivity index (χ1v) is 4.31. The highest BCUT2D eigenvalue weighted by atomic mass is 32.1. The number of thiazole rings is 1. The molecule has 0 fully saturated rings. The summed E-state index contributed by atoms with van der Waals surface area (Å²) in [6, 6.07) is 0.214. The predicted octanol–water partition coefficient (Wildman–Crippen LogP) is 1.43. The van der Waals surface area contributed by atoms with Crippen molar-refractivity contribution in [1.29, 1.82) is 0 Å². The fraction of sp³-hybridized carbons (Fsp3) is 0.375. The van der Waals surface area contributed by atoms with Crippen LogP contribution in [0.15, 0.2) is 10.9 Å². The van der Waals surface area contributed by atoms with Crippen LogP contribution in [0, 0.1) is 12.3 Å². The van der Waals surface area contributed by atoms with Crippen molar-refractivity contribution < 1.29 is 0 Å². The average molecular weight is 166 g/mol. The summed E-state index contributed by atoms with van der Waals surface area (Å²) < 4.78 is 0. The molecule has 1 unspecified atom stereocenters. The summed E-state index contributed by atoms with van der Waals surface area (Å²) in [5.41, 5.74) is 2.85. The van der Waals surface area contributed by atoms with Crippen LogP contribution in [0.2, 0.25) is 0 Å². The molecular weight excluding hydrogens is 156 g/mol. The smallest absolute Gasteiger partial charge is 0.0795 e. The maximum absolute atomic E-state index is 5.20. The quantitative estimate of drug-likeness (QED) is 0.687. The van der Waals surface area contributed by atoms with Gasteiger partial charge >= 0.3 is 0 Å². The standard InChI is InChI=1S/C8H10N2S/c1-3-4-7(9-2)8-5-11-6-10-8/h1,5-7,9H,4H2,2H3.